The van der Waals surface area contributed by atoms with Gasteiger partial charge in [0.2, 0.25) is 5.95 Å². The van der Waals surface area contributed by atoms with Crippen LogP contribution in [-0.4, -0.2) is 20.9 Å². The number of aromatic amines is 1. The lowest BCUT2D eigenvalue weighted by Crippen LogP contribution is -2.15. The number of hydrogen-bond acceptors (Lipinski definition) is 5. The summed E-state index contributed by atoms with van der Waals surface area (Å²) in [5.41, 5.74) is 3.68. The lowest BCUT2D eigenvalue weighted by molar-refractivity contribution is 0.102. The molecular weight excluding hydrogens is 394 g/mol. The Hall–Kier alpha value is -3.71. The second-order valence-corrected chi connectivity index (χ2v) is 7.94. The lowest BCUT2D eigenvalue weighted by Gasteiger charge is -2.10. The van der Waals surface area contributed by atoms with Crippen molar-refractivity contribution in [1.29, 1.82) is 0 Å². The number of rotatable bonds is 5. The van der Waals surface area contributed by atoms with Crippen LogP contribution in [0.1, 0.15) is 21.6 Å². The van der Waals surface area contributed by atoms with Crippen LogP contribution in [0.25, 0.3) is 21.1 Å². The van der Waals surface area contributed by atoms with Crippen molar-refractivity contribution in [3.8, 4) is 0 Å². The zero-order valence-electron chi connectivity index (χ0n) is 16.3. The molecule has 30 heavy (non-hydrogen) atoms. The first-order chi connectivity index (χ1) is 14.7. The SMILES string of the molecule is Cc1cc2c(C(=O)Nc3nc(NCc4ccccc4)c4ccsc4n3)cccc2[nH]1. The molecule has 0 bridgehead atoms. The predicted molar refractivity (Wildman–Crippen MR) is 122 cm³/mol. The van der Waals surface area contributed by atoms with E-state index in [1.54, 1.807) is 0 Å². The van der Waals surface area contributed by atoms with Crippen molar-refractivity contribution in [3.63, 3.8) is 0 Å². The van der Waals surface area contributed by atoms with Crippen LogP contribution in [0.5, 0.6) is 0 Å². The first-order valence-electron chi connectivity index (χ1n) is 9.60. The van der Waals surface area contributed by atoms with Gasteiger partial charge in [-0.2, -0.15) is 4.98 Å². The highest BCUT2D eigenvalue weighted by Gasteiger charge is 2.15. The second kappa shape index (κ2) is 7.61. The number of H-pyrrole nitrogens is 1. The summed E-state index contributed by atoms with van der Waals surface area (Å²) in [7, 11) is 0. The maximum Gasteiger partial charge on any atom is 0.258 e. The Morgan fingerprint density at radius 1 is 1.03 bits per heavy atom. The predicted octanol–water partition coefficient (Wildman–Crippen LogP) is 5.35. The van der Waals surface area contributed by atoms with Crippen molar-refractivity contribution in [2.75, 3.05) is 10.6 Å². The molecular formula is C23H19N5OS. The van der Waals surface area contributed by atoms with Crippen LogP contribution in [-0.2, 0) is 6.54 Å². The van der Waals surface area contributed by atoms with Crippen LogP contribution >= 0.6 is 11.3 Å². The number of nitrogens with zero attached hydrogens (tertiary/aromatic N) is 2. The van der Waals surface area contributed by atoms with Crippen molar-refractivity contribution in [2.45, 2.75) is 13.5 Å². The van der Waals surface area contributed by atoms with Gasteiger partial charge in [-0.25, -0.2) is 4.98 Å². The Labute approximate surface area is 177 Å². The van der Waals surface area contributed by atoms with Crippen molar-refractivity contribution >= 4 is 50.1 Å². The van der Waals surface area contributed by atoms with Gasteiger partial charge in [-0.1, -0.05) is 36.4 Å². The molecule has 7 heteroatoms. The van der Waals surface area contributed by atoms with Crippen LogP contribution in [0.4, 0.5) is 11.8 Å². The fraction of sp³-hybridized carbons (Fsp3) is 0.0870. The van der Waals surface area contributed by atoms with Crippen molar-refractivity contribution in [1.82, 2.24) is 15.0 Å². The monoisotopic (exact) mass is 413 g/mol. The van der Waals surface area contributed by atoms with Crippen molar-refractivity contribution < 1.29 is 4.79 Å². The number of amides is 1. The van der Waals surface area contributed by atoms with Crippen molar-refractivity contribution in [3.05, 3.63) is 82.9 Å². The smallest absolute Gasteiger partial charge is 0.258 e. The van der Waals surface area contributed by atoms with Crippen LogP contribution in [0, 0.1) is 6.92 Å². The molecule has 5 rings (SSSR count). The van der Waals surface area contributed by atoms with Gasteiger partial charge < -0.3 is 10.3 Å². The quantitative estimate of drug-likeness (QED) is 0.363. The van der Waals surface area contributed by atoms with E-state index in [2.05, 4.69) is 37.7 Å². The molecule has 1 amide bonds. The molecule has 0 fully saturated rings. The van der Waals surface area contributed by atoms with Crippen molar-refractivity contribution in [2.24, 2.45) is 0 Å². The Kier molecular flexibility index (Phi) is 4.65. The minimum atomic E-state index is -0.232. The number of aromatic nitrogens is 3. The summed E-state index contributed by atoms with van der Waals surface area (Å²) < 4.78 is 0. The van der Waals surface area contributed by atoms with Gasteiger partial charge >= 0.3 is 0 Å². The first-order valence-corrected chi connectivity index (χ1v) is 10.5. The summed E-state index contributed by atoms with van der Waals surface area (Å²) in [4.78, 5) is 26.2. The van der Waals surface area contributed by atoms with Gasteiger partial charge in [0.15, 0.2) is 0 Å². The lowest BCUT2D eigenvalue weighted by atomic mass is 10.1. The molecule has 5 aromatic rings. The van der Waals surface area contributed by atoms with Crippen LogP contribution in [0.3, 0.4) is 0 Å². The Bertz CT molecular complexity index is 1360. The van der Waals surface area contributed by atoms with E-state index in [-0.39, 0.29) is 11.9 Å². The molecule has 2 aromatic carbocycles. The van der Waals surface area contributed by atoms with E-state index in [1.165, 1.54) is 11.3 Å². The number of carbonyl (C=O) groups is 1. The van der Waals surface area contributed by atoms with Gasteiger partial charge in [0.05, 0.1) is 5.39 Å². The number of nitrogens with one attached hydrogen (secondary N) is 3. The number of hydrogen-bond donors (Lipinski definition) is 3. The Balaban J connectivity index is 1.44. The molecule has 0 aliphatic rings. The first kappa shape index (κ1) is 18.3. The van der Waals surface area contributed by atoms with Gasteiger partial charge in [0.25, 0.3) is 5.91 Å². The molecule has 0 saturated heterocycles. The maximum atomic E-state index is 13.0. The molecule has 0 unspecified atom stereocenters. The molecule has 0 radical (unpaired) electrons. The van der Waals surface area contributed by atoms with E-state index in [0.29, 0.717) is 17.9 Å². The fourth-order valence-corrected chi connectivity index (χ4v) is 4.25. The van der Waals surface area contributed by atoms with E-state index < -0.39 is 0 Å². The molecule has 0 spiro atoms. The van der Waals surface area contributed by atoms with Crippen LogP contribution in [0.2, 0.25) is 0 Å². The zero-order chi connectivity index (χ0) is 20.5. The topological polar surface area (TPSA) is 82.7 Å². The van der Waals surface area contributed by atoms with Gasteiger partial charge in [0, 0.05) is 28.7 Å². The molecule has 3 heterocycles. The number of aryl methyl sites for hydroxylation is 1. The highest BCUT2D eigenvalue weighted by molar-refractivity contribution is 7.16. The average molecular weight is 414 g/mol. The van der Waals surface area contributed by atoms with E-state index in [1.807, 2.05) is 60.8 Å². The second-order valence-electron chi connectivity index (χ2n) is 7.05. The summed E-state index contributed by atoms with van der Waals surface area (Å²) in [6, 6.07) is 19.7. The van der Waals surface area contributed by atoms with E-state index in [9.17, 15) is 4.79 Å². The molecule has 6 nitrogen and oxygen atoms in total. The summed E-state index contributed by atoms with van der Waals surface area (Å²) in [6.45, 7) is 2.61. The average Bonchev–Trinajstić information content (AvgIpc) is 3.37. The molecule has 148 valence electrons. The molecule has 0 atom stereocenters. The van der Waals surface area contributed by atoms with E-state index >= 15 is 0 Å². The minimum absolute atomic E-state index is 0.232. The summed E-state index contributed by atoms with van der Waals surface area (Å²) in [5, 5.41) is 10.0. The highest BCUT2D eigenvalue weighted by Crippen LogP contribution is 2.27. The standard InChI is InChI=1S/C23H19N5OS/c1-14-12-18-16(8-5-9-19(18)25-14)21(29)27-23-26-20(17-10-11-30-22(17)28-23)24-13-15-6-3-2-4-7-15/h2-12,25H,13H2,1H3,(H2,24,26,27,28,29). The van der Waals surface area contributed by atoms with Gasteiger partial charge in [-0.3, -0.25) is 10.1 Å². The Morgan fingerprint density at radius 3 is 2.77 bits per heavy atom. The molecule has 0 aliphatic heterocycles. The minimum Gasteiger partial charge on any atom is -0.365 e. The molecule has 0 aliphatic carbocycles. The summed E-state index contributed by atoms with van der Waals surface area (Å²) in [6.07, 6.45) is 0. The number of fused-ring (bicyclic) bond motifs is 2. The molecule has 3 N–H and O–H groups in total. The molecule has 3 aromatic heterocycles. The van der Waals surface area contributed by atoms with E-state index in [0.717, 1.165) is 32.4 Å². The van der Waals surface area contributed by atoms with Gasteiger partial charge in [0.1, 0.15) is 10.6 Å². The number of carbonyl (C=O) groups excluding carboxylic acids is 1. The number of benzene rings is 2. The highest BCUT2D eigenvalue weighted by atomic mass is 32.1. The fourth-order valence-electron chi connectivity index (χ4n) is 3.49. The third-order valence-corrected chi connectivity index (χ3v) is 5.70. The number of anilines is 2. The number of thiophene rings is 1. The summed E-state index contributed by atoms with van der Waals surface area (Å²) >= 11 is 1.52. The van der Waals surface area contributed by atoms with Gasteiger partial charge in [-0.05, 0) is 42.1 Å². The van der Waals surface area contributed by atoms with Crippen LogP contribution in [0.15, 0.2) is 66.0 Å². The molecule has 0 saturated carbocycles. The largest absolute Gasteiger partial charge is 0.365 e. The Morgan fingerprint density at radius 2 is 1.90 bits per heavy atom. The van der Waals surface area contributed by atoms with E-state index in [4.69, 9.17) is 0 Å². The van der Waals surface area contributed by atoms with Crippen LogP contribution < -0.4 is 10.6 Å². The third kappa shape index (κ3) is 3.51. The zero-order valence-corrected chi connectivity index (χ0v) is 17.1. The normalized spacial score (nSPS) is 11.1. The van der Waals surface area contributed by atoms with Gasteiger partial charge in [-0.15, -0.1) is 11.3 Å². The summed E-state index contributed by atoms with van der Waals surface area (Å²) in [5.74, 6) is 0.760. The maximum absolute atomic E-state index is 13.0. The third-order valence-electron chi connectivity index (χ3n) is 4.90.